The van der Waals surface area contributed by atoms with Crippen molar-refractivity contribution in [3.63, 3.8) is 0 Å². The first-order chi connectivity index (χ1) is 7.00. The van der Waals surface area contributed by atoms with Gasteiger partial charge in [0.25, 0.3) is 0 Å². The SMILES string of the molecule is C[P@@]1CCC[C@H]1[C@@H]1CCC[P@]1C(C)(C)C. The Balaban J connectivity index is 2.07. The molecule has 2 heterocycles. The zero-order valence-electron chi connectivity index (χ0n) is 10.8. The summed E-state index contributed by atoms with van der Waals surface area (Å²) in [6.07, 6.45) is 9.36. The summed E-state index contributed by atoms with van der Waals surface area (Å²) in [5, 5.41) is 0.620. The highest BCUT2D eigenvalue weighted by Crippen LogP contribution is 2.66. The van der Waals surface area contributed by atoms with Crippen LogP contribution in [-0.4, -0.2) is 35.5 Å². The summed E-state index contributed by atoms with van der Waals surface area (Å²) in [5.41, 5.74) is 2.31. The molecule has 0 bridgehead atoms. The van der Waals surface area contributed by atoms with Gasteiger partial charge in [-0.3, -0.25) is 0 Å². The molecule has 2 aliphatic heterocycles. The maximum absolute atomic E-state index is 2.57. The summed E-state index contributed by atoms with van der Waals surface area (Å²) in [7, 11) is 0.732. The Bertz CT molecular complexity index is 219. The average Bonchev–Trinajstić information content (AvgIpc) is 2.69. The van der Waals surface area contributed by atoms with E-state index < -0.39 is 0 Å². The summed E-state index contributed by atoms with van der Waals surface area (Å²) in [4.78, 5) is 0. The second kappa shape index (κ2) is 4.62. The molecule has 0 saturated carbocycles. The molecular weight excluding hydrogens is 218 g/mol. The average molecular weight is 244 g/mol. The maximum atomic E-state index is 2.57. The monoisotopic (exact) mass is 244 g/mol. The van der Waals surface area contributed by atoms with Crippen LogP contribution in [0.1, 0.15) is 46.5 Å². The molecule has 0 aromatic carbocycles. The summed E-state index contributed by atoms with van der Waals surface area (Å²) in [6.45, 7) is 10.0. The Kier molecular flexibility index (Phi) is 3.79. The standard InChI is InChI=1S/C13H26P2/c1-13(2,3)15-10-6-8-12(15)11-7-5-9-14(11)4/h11-12H,5-10H2,1-4H3/t11-,12-,14-,15-/m0/s1. The quantitative estimate of drug-likeness (QED) is 0.586. The molecular formula is C13H26P2. The van der Waals surface area contributed by atoms with Crippen molar-refractivity contribution in [1.29, 1.82) is 0 Å². The minimum absolute atomic E-state index is 0.329. The molecule has 4 atom stereocenters. The molecule has 0 aromatic rings. The molecule has 2 heteroatoms. The van der Waals surface area contributed by atoms with Crippen molar-refractivity contribution >= 4 is 15.8 Å². The van der Waals surface area contributed by atoms with Gasteiger partial charge in [-0.15, -0.1) is 7.92 Å². The normalized spacial score (nSPS) is 42.4. The van der Waals surface area contributed by atoms with E-state index in [9.17, 15) is 0 Å². The Morgan fingerprint density at radius 2 is 1.53 bits per heavy atom. The third kappa shape index (κ3) is 2.58. The highest BCUT2D eigenvalue weighted by molar-refractivity contribution is 7.63. The summed E-state index contributed by atoms with van der Waals surface area (Å²) < 4.78 is 0. The molecule has 0 radical (unpaired) electrons. The van der Waals surface area contributed by atoms with Crippen LogP contribution >= 0.6 is 15.8 Å². The van der Waals surface area contributed by atoms with Crippen molar-refractivity contribution in [2.75, 3.05) is 19.0 Å². The maximum Gasteiger partial charge on any atom is -0.0137 e. The fourth-order valence-electron chi connectivity index (χ4n) is 3.45. The molecule has 0 spiro atoms. The lowest BCUT2D eigenvalue weighted by atomic mass is 10.1. The van der Waals surface area contributed by atoms with Crippen molar-refractivity contribution in [2.24, 2.45) is 0 Å². The molecule has 2 fully saturated rings. The molecule has 2 saturated heterocycles. The van der Waals surface area contributed by atoms with Gasteiger partial charge >= 0.3 is 0 Å². The number of rotatable bonds is 1. The van der Waals surface area contributed by atoms with Gasteiger partial charge in [0, 0.05) is 0 Å². The van der Waals surface area contributed by atoms with Crippen LogP contribution in [0, 0.1) is 0 Å². The minimum Gasteiger partial charge on any atom is -0.106 e. The van der Waals surface area contributed by atoms with Crippen molar-refractivity contribution < 1.29 is 0 Å². The highest BCUT2D eigenvalue weighted by Gasteiger charge is 2.42. The third-order valence-corrected chi connectivity index (χ3v) is 11.1. The first-order valence-corrected chi connectivity index (χ1v) is 10.1. The second-order valence-corrected chi connectivity index (χ2v) is 12.3. The zero-order valence-corrected chi connectivity index (χ0v) is 12.6. The van der Waals surface area contributed by atoms with E-state index in [1.165, 1.54) is 12.8 Å². The van der Waals surface area contributed by atoms with Gasteiger partial charge in [-0.25, -0.2) is 0 Å². The van der Waals surface area contributed by atoms with Gasteiger partial charge in [-0.1, -0.05) is 28.7 Å². The Morgan fingerprint density at radius 3 is 2.07 bits per heavy atom. The van der Waals surface area contributed by atoms with Crippen LogP contribution in [0.2, 0.25) is 0 Å². The van der Waals surface area contributed by atoms with Gasteiger partial charge < -0.3 is 0 Å². The van der Waals surface area contributed by atoms with E-state index in [2.05, 4.69) is 27.4 Å². The lowest BCUT2D eigenvalue weighted by Crippen LogP contribution is -2.25. The molecule has 0 amide bonds. The number of hydrogen-bond donors (Lipinski definition) is 0. The lowest BCUT2D eigenvalue weighted by Gasteiger charge is -2.37. The van der Waals surface area contributed by atoms with E-state index in [1.54, 1.807) is 25.2 Å². The summed E-state index contributed by atoms with van der Waals surface area (Å²) in [6, 6.07) is 0. The molecule has 2 rings (SSSR count). The molecule has 0 N–H and O–H groups in total. The predicted molar refractivity (Wildman–Crippen MR) is 75.3 cm³/mol. The van der Waals surface area contributed by atoms with Crippen molar-refractivity contribution in [3.05, 3.63) is 0 Å². The van der Waals surface area contributed by atoms with Crippen LogP contribution in [0.25, 0.3) is 0 Å². The van der Waals surface area contributed by atoms with Crippen molar-refractivity contribution in [2.45, 2.75) is 62.9 Å². The molecule has 0 unspecified atom stereocenters. The van der Waals surface area contributed by atoms with Crippen LogP contribution < -0.4 is 0 Å². The van der Waals surface area contributed by atoms with Gasteiger partial charge in [-0.2, -0.15) is 0 Å². The first-order valence-electron chi connectivity index (χ1n) is 6.47. The molecule has 15 heavy (non-hydrogen) atoms. The smallest absolute Gasteiger partial charge is 0.0137 e. The van der Waals surface area contributed by atoms with Gasteiger partial charge in [0.2, 0.25) is 0 Å². The molecule has 0 aliphatic carbocycles. The highest BCUT2D eigenvalue weighted by atomic mass is 31.1. The Morgan fingerprint density at radius 1 is 0.933 bits per heavy atom. The van der Waals surface area contributed by atoms with Gasteiger partial charge in [0.05, 0.1) is 0 Å². The van der Waals surface area contributed by atoms with Crippen LogP contribution in [0.3, 0.4) is 0 Å². The number of hydrogen-bond acceptors (Lipinski definition) is 0. The molecule has 2 aliphatic rings. The van der Waals surface area contributed by atoms with Gasteiger partial charge in [0.15, 0.2) is 0 Å². The second-order valence-electron chi connectivity index (χ2n) is 6.26. The van der Waals surface area contributed by atoms with Crippen LogP contribution in [0.4, 0.5) is 0 Å². The summed E-state index contributed by atoms with van der Waals surface area (Å²) in [5.74, 6) is 0. The molecule has 0 nitrogen and oxygen atoms in total. The lowest BCUT2D eigenvalue weighted by molar-refractivity contribution is 0.683. The van der Waals surface area contributed by atoms with E-state index in [0.717, 1.165) is 11.3 Å². The first kappa shape index (κ1) is 12.3. The molecule has 88 valence electrons. The Hall–Kier alpha value is 0.860. The van der Waals surface area contributed by atoms with E-state index >= 15 is 0 Å². The Labute approximate surface area is 98.1 Å². The van der Waals surface area contributed by atoms with Crippen molar-refractivity contribution in [3.8, 4) is 0 Å². The predicted octanol–water partition coefficient (Wildman–Crippen LogP) is 4.70. The van der Waals surface area contributed by atoms with E-state index in [4.69, 9.17) is 0 Å². The van der Waals surface area contributed by atoms with E-state index in [0.29, 0.717) is 21.0 Å². The fourth-order valence-corrected chi connectivity index (χ4v) is 10.6. The molecule has 0 aromatic heterocycles. The fraction of sp³-hybridized carbons (Fsp3) is 1.00. The van der Waals surface area contributed by atoms with Gasteiger partial charge in [0.1, 0.15) is 0 Å². The van der Waals surface area contributed by atoms with Crippen molar-refractivity contribution in [1.82, 2.24) is 0 Å². The van der Waals surface area contributed by atoms with Crippen LogP contribution in [0.15, 0.2) is 0 Å². The van der Waals surface area contributed by atoms with Crippen LogP contribution in [-0.2, 0) is 0 Å². The summed E-state index contributed by atoms with van der Waals surface area (Å²) >= 11 is 0. The van der Waals surface area contributed by atoms with Gasteiger partial charge in [-0.05, 0) is 61.1 Å². The topological polar surface area (TPSA) is 0 Å². The van der Waals surface area contributed by atoms with E-state index in [1.807, 2.05) is 0 Å². The van der Waals surface area contributed by atoms with Crippen LogP contribution in [0.5, 0.6) is 0 Å². The zero-order chi connectivity index (χ0) is 11.1. The largest absolute Gasteiger partial charge is 0.106 e. The minimum atomic E-state index is 0.329. The third-order valence-electron chi connectivity index (χ3n) is 4.18. The van der Waals surface area contributed by atoms with E-state index in [-0.39, 0.29) is 0 Å².